The van der Waals surface area contributed by atoms with Gasteiger partial charge in [0.15, 0.2) is 0 Å². The molecule has 0 saturated heterocycles. The highest BCUT2D eigenvalue weighted by Crippen LogP contribution is 2.24. The van der Waals surface area contributed by atoms with Crippen LogP contribution in [0.3, 0.4) is 0 Å². The van der Waals surface area contributed by atoms with Crippen LogP contribution < -0.4 is 0 Å². The van der Waals surface area contributed by atoms with Gasteiger partial charge >= 0.3 is 5.97 Å². The van der Waals surface area contributed by atoms with E-state index in [1.54, 1.807) is 7.11 Å². The van der Waals surface area contributed by atoms with E-state index in [0.29, 0.717) is 6.61 Å². The third-order valence-corrected chi connectivity index (χ3v) is 2.66. The molecule has 0 aliphatic rings. The Balaban J connectivity index is 2.99. The lowest BCUT2D eigenvalue weighted by atomic mass is 9.91. The second-order valence-electron chi connectivity index (χ2n) is 4.11. The molecule has 1 aromatic carbocycles. The summed E-state index contributed by atoms with van der Waals surface area (Å²) in [6.07, 6.45) is 0.109. The van der Waals surface area contributed by atoms with Gasteiger partial charge in [-0.3, -0.25) is 4.79 Å². The van der Waals surface area contributed by atoms with Gasteiger partial charge in [-0.1, -0.05) is 23.8 Å². The fourth-order valence-electron chi connectivity index (χ4n) is 1.87. The van der Waals surface area contributed by atoms with Crippen molar-refractivity contribution < 1.29 is 14.6 Å². The molecule has 3 heteroatoms. The molecular weight excluding hydrogens is 204 g/mol. The monoisotopic (exact) mass is 222 g/mol. The van der Waals surface area contributed by atoms with E-state index in [4.69, 9.17) is 9.84 Å². The van der Waals surface area contributed by atoms with Crippen LogP contribution in [0.2, 0.25) is 0 Å². The molecule has 16 heavy (non-hydrogen) atoms. The number of hydrogen-bond donors (Lipinski definition) is 1. The fourth-order valence-corrected chi connectivity index (χ4v) is 1.87. The Morgan fingerprint density at radius 1 is 1.44 bits per heavy atom. The molecule has 0 spiro atoms. The molecular formula is C13H18O3. The maximum atomic E-state index is 10.8. The number of carboxylic acids is 1. The molecule has 0 aliphatic heterocycles. The molecule has 1 aromatic rings. The molecule has 0 aromatic heterocycles. The smallest absolute Gasteiger partial charge is 0.304 e. The van der Waals surface area contributed by atoms with Crippen LogP contribution in [0.25, 0.3) is 0 Å². The fraction of sp³-hybridized carbons (Fsp3) is 0.462. The van der Waals surface area contributed by atoms with E-state index in [0.717, 1.165) is 16.7 Å². The predicted molar refractivity (Wildman–Crippen MR) is 62.8 cm³/mol. The summed E-state index contributed by atoms with van der Waals surface area (Å²) in [6.45, 7) is 4.45. The number of ether oxygens (including phenoxy) is 1. The Hall–Kier alpha value is -1.35. The van der Waals surface area contributed by atoms with E-state index >= 15 is 0 Å². The molecule has 88 valence electrons. The Bertz CT molecular complexity index is 371. The van der Waals surface area contributed by atoms with Crippen LogP contribution in [0.4, 0.5) is 0 Å². The summed E-state index contributed by atoms with van der Waals surface area (Å²) in [7, 11) is 1.60. The zero-order chi connectivity index (χ0) is 12.1. The number of carbonyl (C=O) groups is 1. The average molecular weight is 222 g/mol. The van der Waals surface area contributed by atoms with Crippen LogP contribution in [0.1, 0.15) is 29.0 Å². The van der Waals surface area contributed by atoms with Crippen molar-refractivity contribution in [3.8, 4) is 0 Å². The third kappa shape index (κ3) is 3.35. The summed E-state index contributed by atoms with van der Waals surface area (Å²) >= 11 is 0. The summed E-state index contributed by atoms with van der Waals surface area (Å²) in [5.41, 5.74) is 3.34. The van der Waals surface area contributed by atoms with Crippen LogP contribution in [0.15, 0.2) is 18.2 Å². The first-order chi connectivity index (χ1) is 7.54. The first-order valence-electron chi connectivity index (χ1n) is 5.32. The number of methoxy groups -OCH3 is 1. The van der Waals surface area contributed by atoms with Gasteiger partial charge in [-0.2, -0.15) is 0 Å². The standard InChI is InChI=1S/C13H18O3/c1-9-4-5-10(2)12(6-9)11(8-16-3)7-13(14)15/h4-6,11H,7-8H2,1-3H3,(H,14,15). The van der Waals surface area contributed by atoms with Gasteiger partial charge in [0.25, 0.3) is 0 Å². The lowest BCUT2D eigenvalue weighted by Gasteiger charge is -2.17. The number of rotatable bonds is 5. The van der Waals surface area contributed by atoms with E-state index in [9.17, 15) is 4.79 Å². The minimum atomic E-state index is -0.789. The number of hydrogen-bond acceptors (Lipinski definition) is 2. The van der Waals surface area contributed by atoms with Gasteiger partial charge < -0.3 is 9.84 Å². The molecule has 1 unspecified atom stereocenters. The number of carboxylic acid groups (broad SMARTS) is 1. The molecule has 0 heterocycles. The largest absolute Gasteiger partial charge is 0.481 e. The van der Waals surface area contributed by atoms with Crippen LogP contribution in [0, 0.1) is 13.8 Å². The van der Waals surface area contributed by atoms with Crippen molar-refractivity contribution in [3.63, 3.8) is 0 Å². The number of aryl methyl sites for hydroxylation is 2. The van der Waals surface area contributed by atoms with Crippen molar-refractivity contribution >= 4 is 5.97 Å². The Morgan fingerprint density at radius 2 is 2.12 bits per heavy atom. The van der Waals surface area contributed by atoms with E-state index in [1.807, 2.05) is 32.0 Å². The summed E-state index contributed by atoms with van der Waals surface area (Å²) in [6, 6.07) is 6.10. The Labute approximate surface area is 96.1 Å². The van der Waals surface area contributed by atoms with Gasteiger partial charge in [-0.15, -0.1) is 0 Å². The van der Waals surface area contributed by atoms with E-state index in [1.165, 1.54) is 0 Å². The molecule has 1 atom stereocenters. The van der Waals surface area contributed by atoms with E-state index in [-0.39, 0.29) is 12.3 Å². The maximum absolute atomic E-state index is 10.8. The molecule has 0 radical (unpaired) electrons. The number of benzene rings is 1. The SMILES string of the molecule is COCC(CC(=O)O)c1cc(C)ccc1C. The topological polar surface area (TPSA) is 46.5 Å². The number of aliphatic carboxylic acids is 1. The van der Waals surface area contributed by atoms with Gasteiger partial charge in [0.05, 0.1) is 13.0 Å². The second-order valence-corrected chi connectivity index (χ2v) is 4.11. The second kappa shape index (κ2) is 5.66. The normalized spacial score (nSPS) is 12.4. The van der Waals surface area contributed by atoms with Crippen molar-refractivity contribution in [1.29, 1.82) is 0 Å². The van der Waals surface area contributed by atoms with E-state index < -0.39 is 5.97 Å². The minimum absolute atomic E-state index is 0.0672. The summed E-state index contributed by atoms with van der Waals surface area (Å²) in [4.78, 5) is 10.8. The highest BCUT2D eigenvalue weighted by atomic mass is 16.5. The van der Waals surface area contributed by atoms with Crippen molar-refractivity contribution in [2.24, 2.45) is 0 Å². The molecule has 0 aliphatic carbocycles. The zero-order valence-electron chi connectivity index (χ0n) is 9.99. The Morgan fingerprint density at radius 3 is 2.69 bits per heavy atom. The van der Waals surface area contributed by atoms with Gasteiger partial charge in [0.1, 0.15) is 0 Å². The van der Waals surface area contributed by atoms with Gasteiger partial charge in [0, 0.05) is 13.0 Å². The van der Waals surface area contributed by atoms with Crippen molar-refractivity contribution in [3.05, 3.63) is 34.9 Å². The molecule has 3 nitrogen and oxygen atoms in total. The molecule has 0 fully saturated rings. The lowest BCUT2D eigenvalue weighted by Crippen LogP contribution is -2.13. The summed E-state index contributed by atoms with van der Waals surface area (Å²) < 4.78 is 5.09. The first kappa shape index (κ1) is 12.7. The van der Waals surface area contributed by atoms with Crippen molar-refractivity contribution in [2.45, 2.75) is 26.2 Å². The lowest BCUT2D eigenvalue weighted by molar-refractivity contribution is -0.137. The van der Waals surface area contributed by atoms with E-state index in [2.05, 4.69) is 0 Å². The highest BCUT2D eigenvalue weighted by Gasteiger charge is 2.17. The van der Waals surface area contributed by atoms with Crippen molar-refractivity contribution in [2.75, 3.05) is 13.7 Å². The molecule has 0 saturated carbocycles. The third-order valence-electron chi connectivity index (χ3n) is 2.66. The molecule has 1 rings (SSSR count). The summed E-state index contributed by atoms with van der Waals surface area (Å²) in [5, 5.41) is 8.88. The summed E-state index contributed by atoms with van der Waals surface area (Å²) in [5.74, 6) is -0.856. The van der Waals surface area contributed by atoms with Gasteiger partial charge in [-0.25, -0.2) is 0 Å². The predicted octanol–water partition coefficient (Wildman–Crippen LogP) is 2.51. The Kier molecular flexibility index (Phi) is 4.50. The average Bonchev–Trinajstić information content (AvgIpc) is 2.20. The van der Waals surface area contributed by atoms with Crippen molar-refractivity contribution in [1.82, 2.24) is 0 Å². The van der Waals surface area contributed by atoms with Crippen LogP contribution in [-0.4, -0.2) is 24.8 Å². The van der Waals surface area contributed by atoms with Crippen LogP contribution in [-0.2, 0) is 9.53 Å². The first-order valence-corrected chi connectivity index (χ1v) is 5.32. The molecule has 0 bridgehead atoms. The van der Waals surface area contributed by atoms with Crippen LogP contribution in [0.5, 0.6) is 0 Å². The minimum Gasteiger partial charge on any atom is -0.481 e. The maximum Gasteiger partial charge on any atom is 0.304 e. The zero-order valence-corrected chi connectivity index (χ0v) is 9.99. The molecule has 0 amide bonds. The highest BCUT2D eigenvalue weighted by molar-refractivity contribution is 5.68. The van der Waals surface area contributed by atoms with Crippen LogP contribution >= 0.6 is 0 Å². The quantitative estimate of drug-likeness (QED) is 0.832. The van der Waals surface area contributed by atoms with Gasteiger partial charge in [0.2, 0.25) is 0 Å². The van der Waals surface area contributed by atoms with Gasteiger partial charge in [-0.05, 0) is 25.0 Å². The molecule has 1 N–H and O–H groups in total.